The highest BCUT2D eigenvalue weighted by atomic mass is 32.1. The van der Waals surface area contributed by atoms with E-state index in [-0.39, 0.29) is 24.6 Å². The van der Waals surface area contributed by atoms with Crippen LogP contribution in [0.3, 0.4) is 0 Å². The van der Waals surface area contributed by atoms with Gasteiger partial charge in [0.2, 0.25) is 5.91 Å². The summed E-state index contributed by atoms with van der Waals surface area (Å²) < 4.78 is 14.3. The zero-order valence-corrected chi connectivity index (χ0v) is 19.0. The lowest BCUT2D eigenvalue weighted by atomic mass is 10.2. The number of thiazole rings is 1. The molecule has 1 fully saturated rings. The van der Waals surface area contributed by atoms with Gasteiger partial charge in [-0.2, -0.15) is 0 Å². The fourth-order valence-corrected chi connectivity index (χ4v) is 4.46. The number of carbonyl (C=O) groups excluding carboxylic acids is 2. The van der Waals surface area contributed by atoms with Crippen molar-refractivity contribution in [2.45, 2.75) is 13.5 Å². The number of aromatic nitrogens is 3. The normalized spacial score (nSPS) is 15.1. The molecule has 10 heteroatoms. The van der Waals surface area contributed by atoms with Gasteiger partial charge >= 0.3 is 5.97 Å². The van der Waals surface area contributed by atoms with Crippen LogP contribution in [0.2, 0.25) is 0 Å². The molecular weight excluding hydrogens is 444 g/mol. The molecule has 2 aromatic heterocycles. The van der Waals surface area contributed by atoms with Crippen LogP contribution in [0.4, 0.5) is 0 Å². The third-order valence-electron chi connectivity index (χ3n) is 5.11. The summed E-state index contributed by atoms with van der Waals surface area (Å²) in [4.78, 5) is 43.7. The van der Waals surface area contributed by atoms with E-state index in [4.69, 9.17) is 9.47 Å². The number of hydrogen-bond donors (Lipinski definition) is 0. The predicted octanol–water partition coefficient (Wildman–Crippen LogP) is 0.127. The Kier molecular flexibility index (Phi) is 7.16. The van der Waals surface area contributed by atoms with E-state index in [9.17, 15) is 14.4 Å². The summed E-state index contributed by atoms with van der Waals surface area (Å²) in [5.41, 5.74) is 1.45. The second kappa shape index (κ2) is 10.4. The molecule has 1 amide bonds. The summed E-state index contributed by atoms with van der Waals surface area (Å²) in [5.74, 6) is -0.740. The van der Waals surface area contributed by atoms with Gasteiger partial charge in [0.15, 0.2) is 0 Å². The van der Waals surface area contributed by atoms with Crippen LogP contribution in [0, 0.1) is 0 Å². The zero-order chi connectivity index (χ0) is 23.2. The van der Waals surface area contributed by atoms with Gasteiger partial charge in [0.25, 0.3) is 5.56 Å². The van der Waals surface area contributed by atoms with E-state index in [1.165, 1.54) is 10.6 Å². The molecule has 172 valence electrons. The molecule has 0 N–H and O–H groups in total. The monoisotopic (exact) mass is 468 g/mol. The molecule has 1 aromatic carbocycles. The first kappa shape index (κ1) is 22.7. The average molecular weight is 469 g/mol. The first-order chi connectivity index (χ1) is 16.0. The number of esters is 1. The Labute approximate surface area is 193 Å². The molecule has 4 rings (SSSR count). The van der Waals surface area contributed by atoms with Gasteiger partial charge in [-0.1, -0.05) is 12.1 Å². The SMILES string of the molecule is CCOC(=O)/C=c1\s/c(=C\c2ccc(-n3ccnc3)cc2)c(=O)n1CC(=O)N1CCOCC1. The largest absolute Gasteiger partial charge is 0.463 e. The third-order valence-corrected chi connectivity index (χ3v) is 6.17. The molecule has 1 aliphatic rings. The number of nitrogens with zero attached hydrogens (tertiary/aromatic N) is 4. The maximum Gasteiger partial charge on any atom is 0.333 e. The Balaban J connectivity index is 1.69. The molecule has 1 aliphatic heterocycles. The molecule has 0 saturated carbocycles. The van der Waals surface area contributed by atoms with Crippen molar-refractivity contribution in [1.82, 2.24) is 19.0 Å². The number of rotatable bonds is 6. The highest BCUT2D eigenvalue weighted by Crippen LogP contribution is 2.09. The maximum atomic E-state index is 13.2. The van der Waals surface area contributed by atoms with E-state index in [0.29, 0.717) is 35.5 Å². The number of hydrogen-bond acceptors (Lipinski definition) is 7. The number of carbonyl (C=O) groups is 2. The van der Waals surface area contributed by atoms with E-state index in [0.717, 1.165) is 22.6 Å². The Bertz CT molecular complexity index is 1290. The van der Waals surface area contributed by atoms with Crippen LogP contribution < -0.4 is 14.8 Å². The van der Waals surface area contributed by atoms with Crippen LogP contribution in [0.25, 0.3) is 17.8 Å². The summed E-state index contributed by atoms with van der Waals surface area (Å²) >= 11 is 1.15. The van der Waals surface area contributed by atoms with Gasteiger partial charge < -0.3 is 18.9 Å². The third kappa shape index (κ3) is 5.47. The van der Waals surface area contributed by atoms with Crippen LogP contribution in [-0.4, -0.2) is 63.8 Å². The minimum Gasteiger partial charge on any atom is -0.463 e. The van der Waals surface area contributed by atoms with Crippen molar-refractivity contribution in [3.8, 4) is 5.69 Å². The first-order valence-corrected chi connectivity index (χ1v) is 11.4. The Morgan fingerprint density at radius 1 is 1.21 bits per heavy atom. The number of morpholine rings is 1. The van der Waals surface area contributed by atoms with Gasteiger partial charge in [-0.05, 0) is 30.7 Å². The molecule has 1 saturated heterocycles. The first-order valence-electron chi connectivity index (χ1n) is 10.6. The van der Waals surface area contributed by atoms with Crippen LogP contribution in [0.5, 0.6) is 0 Å². The molecule has 3 aromatic rings. The maximum absolute atomic E-state index is 13.2. The van der Waals surface area contributed by atoms with Crippen LogP contribution >= 0.6 is 11.3 Å². The minimum absolute atomic E-state index is 0.145. The molecule has 0 radical (unpaired) electrons. The highest BCUT2D eigenvalue weighted by molar-refractivity contribution is 7.07. The van der Waals surface area contributed by atoms with Crippen molar-refractivity contribution in [3.63, 3.8) is 0 Å². The smallest absolute Gasteiger partial charge is 0.333 e. The summed E-state index contributed by atoms with van der Waals surface area (Å²) in [6.45, 7) is 3.70. The van der Waals surface area contributed by atoms with Crippen molar-refractivity contribution in [3.05, 3.63) is 68.1 Å². The zero-order valence-electron chi connectivity index (χ0n) is 18.2. The molecule has 0 bridgehead atoms. The molecule has 33 heavy (non-hydrogen) atoms. The van der Waals surface area contributed by atoms with Crippen molar-refractivity contribution < 1.29 is 19.1 Å². The summed E-state index contributed by atoms with van der Waals surface area (Å²) in [6, 6.07) is 7.64. The summed E-state index contributed by atoms with van der Waals surface area (Å²) in [5, 5.41) is 0. The van der Waals surface area contributed by atoms with Crippen molar-refractivity contribution in [2.75, 3.05) is 32.9 Å². The lowest BCUT2D eigenvalue weighted by Gasteiger charge is -2.26. The lowest BCUT2D eigenvalue weighted by molar-refractivity contribution is -0.136. The molecular formula is C23H24N4O5S. The fourth-order valence-electron chi connectivity index (χ4n) is 3.43. The molecule has 0 spiro atoms. The molecule has 0 atom stereocenters. The number of imidazole rings is 1. The van der Waals surface area contributed by atoms with Crippen LogP contribution in [-0.2, 0) is 25.6 Å². The number of amides is 1. The standard InChI is InChI=1S/C23H24N4O5S/c1-2-32-22(29)14-21-27(15-20(28)25-9-11-31-12-10-25)23(30)19(33-21)13-17-3-5-18(6-4-17)26-8-7-24-16-26/h3-8,13-14,16H,2,9-12,15H2,1H3/b19-13-,21-14-. The summed E-state index contributed by atoms with van der Waals surface area (Å²) in [7, 11) is 0. The average Bonchev–Trinajstić information content (AvgIpc) is 3.45. The van der Waals surface area contributed by atoms with E-state index in [2.05, 4.69) is 4.98 Å². The van der Waals surface area contributed by atoms with Gasteiger partial charge in [0.1, 0.15) is 11.2 Å². The topological polar surface area (TPSA) is 95.7 Å². The number of ether oxygens (including phenoxy) is 2. The van der Waals surface area contributed by atoms with Crippen molar-refractivity contribution in [1.29, 1.82) is 0 Å². The number of benzene rings is 1. The van der Waals surface area contributed by atoms with Crippen molar-refractivity contribution in [2.24, 2.45) is 0 Å². The lowest BCUT2D eigenvalue weighted by Crippen LogP contribution is -2.45. The molecule has 0 unspecified atom stereocenters. The summed E-state index contributed by atoms with van der Waals surface area (Å²) in [6.07, 6.45) is 8.28. The Morgan fingerprint density at radius 2 is 1.97 bits per heavy atom. The van der Waals surface area contributed by atoms with Crippen LogP contribution in [0.15, 0.2) is 47.8 Å². The second-order valence-electron chi connectivity index (χ2n) is 7.29. The van der Waals surface area contributed by atoms with Crippen LogP contribution in [0.1, 0.15) is 12.5 Å². The van der Waals surface area contributed by atoms with E-state index in [1.54, 1.807) is 30.4 Å². The molecule has 0 aliphatic carbocycles. The second-order valence-corrected chi connectivity index (χ2v) is 8.35. The van der Waals surface area contributed by atoms with Crippen molar-refractivity contribution >= 4 is 35.4 Å². The molecule has 9 nitrogen and oxygen atoms in total. The molecule has 3 heterocycles. The van der Waals surface area contributed by atoms with E-state index < -0.39 is 5.97 Å². The fraction of sp³-hybridized carbons (Fsp3) is 0.304. The quantitative estimate of drug-likeness (QED) is 0.477. The van der Waals surface area contributed by atoms with Gasteiger partial charge in [0.05, 0.1) is 36.8 Å². The Hall–Kier alpha value is -3.50. The highest BCUT2D eigenvalue weighted by Gasteiger charge is 2.19. The van der Waals surface area contributed by atoms with E-state index >= 15 is 0 Å². The minimum atomic E-state index is -0.553. The van der Waals surface area contributed by atoms with Gasteiger partial charge in [0, 0.05) is 31.2 Å². The van der Waals surface area contributed by atoms with Gasteiger partial charge in [-0.25, -0.2) is 9.78 Å². The predicted molar refractivity (Wildman–Crippen MR) is 123 cm³/mol. The van der Waals surface area contributed by atoms with Gasteiger partial charge in [-0.15, -0.1) is 11.3 Å². The van der Waals surface area contributed by atoms with Gasteiger partial charge in [-0.3, -0.25) is 14.2 Å². The Morgan fingerprint density at radius 3 is 2.64 bits per heavy atom. The van der Waals surface area contributed by atoms with E-state index in [1.807, 2.05) is 35.0 Å².